The molecular formula is C10H8Cl2N4O. The van der Waals surface area contributed by atoms with E-state index in [-0.39, 0.29) is 11.4 Å². The van der Waals surface area contributed by atoms with Gasteiger partial charge in [-0.25, -0.2) is 0 Å². The topological polar surface area (TPSA) is 83.8 Å². The van der Waals surface area contributed by atoms with Gasteiger partial charge in [0.25, 0.3) is 5.91 Å². The molecule has 1 aromatic heterocycles. The van der Waals surface area contributed by atoms with E-state index < -0.39 is 5.91 Å². The van der Waals surface area contributed by atoms with Crippen molar-refractivity contribution in [2.45, 2.75) is 0 Å². The summed E-state index contributed by atoms with van der Waals surface area (Å²) in [5.41, 5.74) is 6.32. The lowest BCUT2D eigenvalue weighted by Crippen LogP contribution is -2.14. The largest absolute Gasteiger partial charge is 0.396 e. The normalized spacial score (nSPS) is 10.2. The van der Waals surface area contributed by atoms with Crippen LogP contribution in [0.3, 0.4) is 0 Å². The SMILES string of the molecule is Nc1cn[nH]c1C(=O)Nc1c(Cl)cccc1Cl. The summed E-state index contributed by atoms with van der Waals surface area (Å²) < 4.78 is 0. The predicted octanol–water partition coefficient (Wildman–Crippen LogP) is 2.55. The fourth-order valence-corrected chi connectivity index (χ4v) is 1.76. The molecule has 2 rings (SSSR count). The molecular weight excluding hydrogens is 263 g/mol. The Hall–Kier alpha value is -1.72. The van der Waals surface area contributed by atoms with Crippen molar-refractivity contribution in [2.75, 3.05) is 11.1 Å². The van der Waals surface area contributed by atoms with Crippen LogP contribution < -0.4 is 11.1 Å². The maximum Gasteiger partial charge on any atom is 0.275 e. The molecule has 0 spiro atoms. The van der Waals surface area contributed by atoms with E-state index in [9.17, 15) is 4.79 Å². The van der Waals surface area contributed by atoms with Gasteiger partial charge in [0.15, 0.2) is 0 Å². The smallest absolute Gasteiger partial charge is 0.275 e. The second-order valence-corrected chi connectivity index (χ2v) is 4.07. The summed E-state index contributed by atoms with van der Waals surface area (Å²) in [5.74, 6) is -0.449. The van der Waals surface area contributed by atoms with Gasteiger partial charge in [-0.2, -0.15) is 5.10 Å². The third kappa shape index (κ3) is 2.35. The summed E-state index contributed by atoms with van der Waals surface area (Å²) in [6, 6.07) is 4.93. The minimum atomic E-state index is -0.449. The fraction of sp³-hybridized carbons (Fsp3) is 0. The number of hydrogen-bond acceptors (Lipinski definition) is 3. The number of carbonyl (C=O) groups excluding carboxylic acids is 1. The highest BCUT2D eigenvalue weighted by Crippen LogP contribution is 2.30. The summed E-state index contributed by atoms with van der Waals surface area (Å²) in [5, 5.41) is 9.41. The highest BCUT2D eigenvalue weighted by atomic mass is 35.5. The van der Waals surface area contributed by atoms with Gasteiger partial charge in [0.1, 0.15) is 5.69 Å². The summed E-state index contributed by atoms with van der Waals surface area (Å²) >= 11 is 11.8. The van der Waals surface area contributed by atoms with Crippen LogP contribution in [0.1, 0.15) is 10.5 Å². The molecule has 7 heteroatoms. The minimum absolute atomic E-state index is 0.168. The summed E-state index contributed by atoms with van der Waals surface area (Å²) in [7, 11) is 0. The molecule has 0 bridgehead atoms. The molecule has 0 aliphatic rings. The van der Waals surface area contributed by atoms with Gasteiger partial charge in [0.2, 0.25) is 0 Å². The molecule has 17 heavy (non-hydrogen) atoms. The zero-order chi connectivity index (χ0) is 12.4. The number of anilines is 2. The maximum absolute atomic E-state index is 11.8. The zero-order valence-electron chi connectivity index (χ0n) is 8.50. The molecule has 0 saturated heterocycles. The molecule has 2 aromatic rings. The van der Waals surface area contributed by atoms with E-state index in [1.165, 1.54) is 6.20 Å². The number of nitrogens with zero attached hydrogens (tertiary/aromatic N) is 1. The van der Waals surface area contributed by atoms with Gasteiger partial charge in [0, 0.05) is 0 Å². The van der Waals surface area contributed by atoms with Crippen LogP contribution in [0.15, 0.2) is 24.4 Å². The van der Waals surface area contributed by atoms with E-state index in [0.29, 0.717) is 15.7 Å². The maximum atomic E-state index is 11.8. The lowest BCUT2D eigenvalue weighted by molar-refractivity contribution is 0.102. The van der Waals surface area contributed by atoms with Crippen molar-refractivity contribution in [1.29, 1.82) is 0 Å². The van der Waals surface area contributed by atoms with Gasteiger partial charge in [-0.3, -0.25) is 9.89 Å². The number of hydrogen-bond donors (Lipinski definition) is 3. The molecule has 5 nitrogen and oxygen atoms in total. The Bertz CT molecular complexity index is 547. The van der Waals surface area contributed by atoms with Crippen LogP contribution >= 0.6 is 23.2 Å². The van der Waals surface area contributed by atoms with Crippen LogP contribution in [0.5, 0.6) is 0 Å². The Balaban J connectivity index is 2.28. The molecule has 0 aliphatic heterocycles. The highest BCUT2D eigenvalue weighted by Gasteiger charge is 2.14. The molecule has 0 saturated carbocycles. The standard InChI is InChI=1S/C10H8Cl2N4O/c11-5-2-1-3-6(12)8(5)15-10(17)9-7(13)4-14-16-9/h1-4H,13H2,(H,14,16)(H,15,17). The first kappa shape index (κ1) is 11.8. The van der Waals surface area contributed by atoms with Crippen molar-refractivity contribution >= 4 is 40.5 Å². The number of nitrogens with two attached hydrogens (primary N) is 1. The Labute approximate surface area is 107 Å². The molecule has 1 heterocycles. The second kappa shape index (κ2) is 4.65. The number of para-hydroxylation sites is 1. The van der Waals surface area contributed by atoms with Crippen molar-refractivity contribution in [3.05, 3.63) is 40.1 Å². The van der Waals surface area contributed by atoms with Gasteiger partial charge in [0.05, 0.1) is 27.6 Å². The Morgan fingerprint density at radius 3 is 2.53 bits per heavy atom. The van der Waals surface area contributed by atoms with E-state index in [2.05, 4.69) is 15.5 Å². The van der Waals surface area contributed by atoms with Crippen molar-refractivity contribution < 1.29 is 4.79 Å². The van der Waals surface area contributed by atoms with E-state index in [1.54, 1.807) is 18.2 Å². The van der Waals surface area contributed by atoms with Crippen LogP contribution in [0, 0.1) is 0 Å². The molecule has 88 valence electrons. The summed E-state index contributed by atoms with van der Waals surface area (Å²) in [6.45, 7) is 0. The van der Waals surface area contributed by atoms with Gasteiger partial charge in [-0.1, -0.05) is 29.3 Å². The molecule has 0 atom stereocenters. The summed E-state index contributed by atoms with van der Waals surface area (Å²) in [6.07, 6.45) is 1.35. The number of nitrogens with one attached hydrogen (secondary N) is 2. The molecule has 0 radical (unpaired) electrons. The van der Waals surface area contributed by atoms with Crippen LogP contribution in [-0.2, 0) is 0 Å². The Morgan fingerprint density at radius 1 is 1.35 bits per heavy atom. The number of carbonyl (C=O) groups is 1. The molecule has 0 unspecified atom stereocenters. The molecule has 1 aromatic carbocycles. The fourth-order valence-electron chi connectivity index (χ4n) is 1.27. The van der Waals surface area contributed by atoms with E-state index in [1.807, 2.05) is 0 Å². The number of benzene rings is 1. The average Bonchev–Trinajstić information content (AvgIpc) is 2.70. The number of aromatic nitrogens is 2. The molecule has 0 aliphatic carbocycles. The lowest BCUT2D eigenvalue weighted by Gasteiger charge is -2.08. The van der Waals surface area contributed by atoms with Crippen LogP contribution in [0.25, 0.3) is 0 Å². The van der Waals surface area contributed by atoms with Crippen LogP contribution in [0.2, 0.25) is 10.0 Å². The van der Waals surface area contributed by atoms with Gasteiger partial charge in [-0.15, -0.1) is 0 Å². The van der Waals surface area contributed by atoms with Gasteiger partial charge < -0.3 is 11.1 Å². The highest BCUT2D eigenvalue weighted by molar-refractivity contribution is 6.40. The zero-order valence-corrected chi connectivity index (χ0v) is 10.0. The lowest BCUT2D eigenvalue weighted by atomic mass is 10.3. The Morgan fingerprint density at radius 2 is 2.00 bits per heavy atom. The van der Waals surface area contributed by atoms with Gasteiger partial charge in [-0.05, 0) is 12.1 Å². The third-order valence-electron chi connectivity index (χ3n) is 2.10. The predicted molar refractivity (Wildman–Crippen MR) is 67.4 cm³/mol. The first-order valence-corrected chi connectivity index (χ1v) is 5.39. The molecule has 4 N–H and O–H groups in total. The Kier molecular flexibility index (Phi) is 3.21. The number of halogens is 2. The van der Waals surface area contributed by atoms with E-state index >= 15 is 0 Å². The first-order chi connectivity index (χ1) is 8.09. The first-order valence-electron chi connectivity index (χ1n) is 4.64. The van der Waals surface area contributed by atoms with Crippen LogP contribution in [0.4, 0.5) is 11.4 Å². The van der Waals surface area contributed by atoms with Crippen molar-refractivity contribution in [2.24, 2.45) is 0 Å². The average molecular weight is 271 g/mol. The van der Waals surface area contributed by atoms with Crippen molar-refractivity contribution in [3.63, 3.8) is 0 Å². The number of rotatable bonds is 2. The molecule has 0 fully saturated rings. The monoisotopic (exact) mass is 270 g/mol. The number of H-pyrrole nitrogens is 1. The van der Waals surface area contributed by atoms with Gasteiger partial charge >= 0.3 is 0 Å². The number of nitrogen functional groups attached to an aromatic ring is 1. The van der Waals surface area contributed by atoms with Crippen molar-refractivity contribution in [3.8, 4) is 0 Å². The van der Waals surface area contributed by atoms with E-state index in [0.717, 1.165) is 0 Å². The number of amides is 1. The third-order valence-corrected chi connectivity index (χ3v) is 2.73. The molecule has 1 amide bonds. The quantitative estimate of drug-likeness (QED) is 0.784. The second-order valence-electron chi connectivity index (χ2n) is 3.25. The minimum Gasteiger partial charge on any atom is -0.396 e. The van der Waals surface area contributed by atoms with Crippen LogP contribution in [-0.4, -0.2) is 16.1 Å². The summed E-state index contributed by atoms with van der Waals surface area (Å²) in [4.78, 5) is 11.8. The number of aromatic amines is 1. The van der Waals surface area contributed by atoms with E-state index in [4.69, 9.17) is 28.9 Å². The van der Waals surface area contributed by atoms with Crippen molar-refractivity contribution in [1.82, 2.24) is 10.2 Å².